The van der Waals surface area contributed by atoms with Crippen LogP contribution in [0.2, 0.25) is 0 Å². The van der Waals surface area contributed by atoms with Gasteiger partial charge in [-0.3, -0.25) is 0 Å². The molecule has 0 atom stereocenters. The van der Waals surface area contributed by atoms with Gasteiger partial charge in [-0.15, -0.1) is 0 Å². The van der Waals surface area contributed by atoms with Gasteiger partial charge >= 0.3 is 0 Å². The Kier molecular flexibility index (Phi) is 11.9. The molecule has 0 saturated heterocycles. The second-order valence-electron chi connectivity index (χ2n) is 5.21. The van der Waals surface area contributed by atoms with Crippen LogP contribution < -0.4 is 10.2 Å². The number of carbonyl (C=O) groups is 2. The van der Waals surface area contributed by atoms with Crippen molar-refractivity contribution in [2.24, 2.45) is 0 Å². The highest BCUT2D eigenvalue weighted by Gasteiger charge is 1.99. The van der Waals surface area contributed by atoms with Gasteiger partial charge in [-0.25, -0.2) is 0 Å². The van der Waals surface area contributed by atoms with Gasteiger partial charge in [0.15, 0.2) is 0 Å². The number of hydrogen-bond donors (Lipinski definition) is 0. The standard InChI is InChI=1S/C16H28O4/c1-2-3-4-5-6-7-8-9-10-11-12-14(16(19)20)13-15(17)18/h13H,2-12H2,1H3,(H,17,18)(H,19,20)/p-2/b14-13-. The summed E-state index contributed by atoms with van der Waals surface area (Å²) in [6.45, 7) is 2.20. The lowest BCUT2D eigenvalue weighted by molar-refractivity contribution is -0.303. The van der Waals surface area contributed by atoms with Gasteiger partial charge in [0.05, 0.1) is 11.9 Å². The summed E-state index contributed by atoms with van der Waals surface area (Å²) in [7, 11) is 0. The number of aliphatic carboxylic acids is 2. The van der Waals surface area contributed by atoms with E-state index in [1.165, 1.54) is 38.5 Å². The molecule has 4 heteroatoms. The van der Waals surface area contributed by atoms with E-state index in [2.05, 4.69) is 6.92 Å². The van der Waals surface area contributed by atoms with Crippen molar-refractivity contribution in [3.63, 3.8) is 0 Å². The molecule has 116 valence electrons. The predicted octanol–water partition coefficient (Wildman–Crippen LogP) is 1.72. The first kappa shape index (κ1) is 18.7. The minimum atomic E-state index is -1.48. The van der Waals surface area contributed by atoms with Gasteiger partial charge in [0.1, 0.15) is 0 Å². The zero-order valence-electron chi connectivity index (χ0n) is 12.5. The van der Waals surface area contributed by atoms with Crippen molar-refractivity contribution in [1.29, 1.82) is 0 Å². The van der Waals surface area contributed by atoms with E-state index in [0.717, 1.165) is 19.3 Å². The SMILES string of the molecule is CCCCCCCCCCCC/C(=C/C(=O)[O-])C(=O)[O-]. The molecule has 0 aliphatic carbocycles. The van der Waals surface area contributed by atoms with E-state index < -0.39 is 11.9 Å². The van der Waals surface area contributed by atoms with Crippen molar-refractivity contribution in [2.45, 2.75) is 77.6 Å². The van der Waals surface area contributed by atoms with Gasteiger partial charge in [0.2, 0.25) is 0 Å². The molecule has 0 aliphatic rings. The molecular formula is C16H26O4-2. The average molecular weight is 282 g/mol. The predicted molar refractivity (Wildman–Crippen MR) is 74.6 cm³/mol. The Labute approximate surface area is 121 Å². The van der Waals surface area contributed by atoms with Gasteiger partial charge < -0.3 is 19.8 Å². The van der Waals surface area contributed by atoms with E-state index in [9.17, 15) is 19.8 Å². The molecule has 0 aromatic carbocycles. The molecule has 4 nitrogen and oxygen atoms in total. The van der Waals surface area contributed by atoms with E-state index in [1.54, 1.807) is 0 Å². The maximum Gasteiger partial charge on any atom is 0.0675 e. The van der Waals surface area contributed by atoms with Crippen LogP contribution in [0.3, 0.4) is 0 Å². The third kappa shape index (κ3) is 11.8. The lowest BCUT2D eigenvalue weighted by Crippen LogP contribution is -2.27. The monoisotopic (exact) mass is 282 g/mol. The summed E-state index contributed by atoms with van der Waals surface area (Å²) >= 11 is 0. The average Bonchev–Trinajstić information content (AvgIpc) is 2.39. The van der Waals surface area contributed by atoms with E-state index in [-0.39, 0.29) is 12.0 Å². The molecule has 0 heterocycles. The molecule has 0 spiro atoms. The van der Waals surface area contributed by atoms with Gasteiger partial charge in [0, 0.05) is 0 Å². The summed E-state index contributed by atoms with van der Waals surface area (Å²) in [6, 6.07) is 0. The second-order valence-corrected chi connectivity index (χ2v) is 5.21. The molecular weight excluding hydrogens is 256 g/mol. The highest BCUT2D eigenvalue weighted by molar-refractivity contribution is 5.92. The normalized spacial score (nSPS) is 11.6. The highest BCUT2D eigenvalue weighted by Crippen LogP contribution is 2.13. The van der Waals surface area contributed by atoms with Crippen LogP contribution in [0.4, 0.5) is 0 Å². The maximum absolute atomic E-state index is 10.7. The first-order valence-electron chi connectivity index (χ1n) is 7.70. The number of rotatable bonds is 13. The van der Waals surface area contributed by atoms with Crippen LogP contribution >= 0.6 is 0 Å². The zero-order valence-corrected chi connectivity index (χ0v) is 12.5. The molecule has 0 unspecified atom stereocenters. The fourth-order valence-electron chi connectivity index (χ4n) is 2.18. The fraction of sp³-hybridized carbons (Fsp3) is 0.750. The van der Waals surface area contributed by atoms with E-state index in [0.29, 0.717) is 12.5 Å². The third-order valence-corrected chi connectivity index (χ3v) is 3.35. The summed E-state index contributed by atoms with van der Waals surface area (Å²) in [5.74, 6) is -2.89. The van der Waals surface area contributed by atoms with Crippen LogP contribution in [0.5, 0.6) is 0 Å². The molecule has 0 aromatic rings. The Morgan fingerprint density at radius 1 is 0.800 bits per heavy atom. The van der Waals surface area contributed by atoms with E-state index in [4.69, 9.17) is 0 Å². The maximum atomic E-state index is 10.7. The van der Waals surface area contributed by atoms with Gasteiger partial charge in [-0.05, 0) is 24.5 Å². The Morgan fingerprint density at radius 3 is 1.65 bits per heavy atom. The molecule has 0 fully saturated rings. The molecule has 0 saturated carbocycles. The molecule has 0 amide bonds. The van der Waals surface area contributed by atoms with Crippen molar-refractivity contribution in [3.05, 3.63) is 11.6 Å². The van der Waals surface area contributed by atoms with Crippen LogP contribution in [0.1, 0.15) is 77.6 Å². The van der Waals surface area contributed by atoms with Gasteiger partial charge in [-0.2, -0.15) is 0 Å². The summed E-state index contributed by atoms with van der Waals surface area (Å²) in [5.41, 5.74) is -0.176. The number of unbranched alkanes of at least 4 members (excludes halogenated alkanes) is 9. The minimum absolute atomic E-state index is 0.176. The molecule has 0 radical (unpaired) electrons. The third-order valence-electron chi connectivity index (χ3n) is 3.35. The summed E-state index contributed by atoms with van der Waals surface area (Å²) in [4.78, 5) is 21.0. The Balaban J connectivity index is 3.51. The minimum Gasteiger partial charge on any atom is -0.545 e. The topological polar surface area (TPSA) is 80.3 Å². The van der Waals surface area contributed by atoms with Crippen LogP contribution in [0.25, 0.3) is 0 Å². The lowest BCUT2D eigenvalue weighted by atomic mass is 10.0. The Morgan fingerprint density at radius 2 is 1.25 bits per heavy atom. The fourth-order valence-corrected chi connectivity index (χ4v) is 2.18. The largest absolute Gasteiger partial charge is 0.545 e. The highest BCUT2D eigenvalue weighted by atomic mass is 16.4. The van der Waals surface area contributed by atoms with Crippen molar-refractivity contribution in [2.75, 3.05) is 0 Å². The summed E-state index contributed by atoms with van der Waals surface area (Å²) < 4.78 is 0. The second kappa shape index (κ2) is 12.7. The molecule has 0 N–H and O–H groups in total. The Bertz CT molecular complexity index is 308. The summed E-state index contributed by atoms with van der Waals surface area (Å²) in [5, 5.41) is 21.0. The molecule has 0 rings (SSSR count). The first-order valence-corrected chi connectivity index (χ1v) is 7.70. The smallest absolute Gasteiger partial charge is 0.0675 e. The number of carbonyl (C=O) groups excluding carboxylic acids is 2. The van der Waals surface area contributed by atoms with Crippen molar-refractivity contribution >= 4 is 11.9 Å². The van der Waals surface area contributed by atoms with E-state index >= 15 is 0 Å². The first-order chi connectivity index (χ1) is 9.57. The summed E-state index contributed by atoms with van der Waals surface area (Å²) in [6.07, 6.45) is 12.4. The quantitative estimate of drug-likeness (QED) is 0.380. The molecule has 20 heavy (non-hydrogen) atoms. The van der Waals surface area contributed by atoms with Crippen LogP contribution in [0, 0.1) is 0 Å². The molecule has 0 aromatic heterocycles. The van der Waals surface area contributed by atoms with E-state index in [1.807, 2.05) is 0 Å². The lowest BCUT2D eigenvalue weighted by Gasteiger charge is -2.09. The molecule has 0 aliphatic heterocycles. The van der Waals surface area contributed by atoms with Crippen LogP contribution in [-0.4, -0.2) is 11.9 Å². The number of carboxylic acid groups (broad SMARTS) is 2. The number of carboxylic acids is 2. The number of hydrogen-bond acceptors (Lipinski definition) is 4. The van der Waals surface area contributed by atoms with Crippen LogP contribution in [0.15, 0.2) is 11.6 Å². The molecule has 0 bridgehead atoms. The van der Waals surface area contributed by atoms with Crippen LogP contribution in [-0.2, 0) is 9.59 Å². The van der Waals surface area contributed by atoms with Crippen molar-refractivity contribution in [3.8, 4) is 0 Å². The zero-order chi connectivity index (χ0) is 15.2. The van der Waals surface area contributed by atoms with Gasteiger partial charge in [-0.1, -0.05) is 64.7 Å². The Hall–Kier alpha value is -1.32. The van der Waals surface area contributed by atoms with Gasteiger partial charge in [0.25, 0.3) is 0 Å². The van der Waals surface area contributed by atoms with Crippen molar-refractivity contribution in [1.82, 2.24) is 0 Å². The van der Waals surface area contributed by atoms with Crippen molar-refractivity contribution < 1.29 is 19.8 Å².